The Kier molecular flexibility index (Phi) is 36.7. The standard InChI is InChI=1S/C25H33NO5S.C13H13NO3S.C12H23NO5S.CH3F.CH2O3.2Cs.H/c1-16-21(26-23(30-16)18-8-10-19(11-9-18)24(28)29-5)15-32-20-12-6-17(7-13-20)14-22(27)31-25(2,3)4;1-8-11(7-18)14-12(17-8)9-3-5-10(6-4-9)13(15)16-2;1-12(2,3)17-11(14)13-9-5-7-10(8-6-9)18-19(4,15)16;1-2;2-1-4-3;;;/h8-11,17,20H,6-7,12-15H2,1-5H3;3-6,18H,7H2,1-2H3;9-10H,5-8H2,1-4H3,(H,13,14);1H3;1,3H;;;/q;;;;;2*+1;-1/p-1/i;;;1D;;;;. The quantitative estimate of drug-likeness (QED) is 0.0346. The largest absolute Gasteiger partial charge is 1.00 e. The average molecular weight is 1380 g/mol. The molecule has 0 saturated heterocycles. The van der Waals surface area contributed by atoms with E-state index >= 15 is 0 Å². The molecule has 2 heterocycles. The van der Waals surface area contributed by atoms with Crippen LogP contribution in [-0.2, 0) is 59.2 Å². The van der Waals surface area contributed by atoms with Gasteiger partial charge >= 0.3 is 162 Å². The summed E-state index contributed by atoms with van der Waals surface area (Å²) in [7, 11) is -1.68. The first-order valence-electron chi connectivity index (χ1n) is 24.6. The van der Waals surface area contributed by atoms with Crippen molar-refractivity contribution in [2.45, 2.75) is 153 Å². The number of thiol groups is 1. The van der Waals surface area contributed by atoms with Crippen LogP contribution in [0.15, 0.2) is 57.4 Å². The van der Waals surface area contributed by atoms with Gasteiger partial charge in [0, 0.05) is 40.3 Å². The van der Waals surface area contributed by atoms with Crippen molar-refractivity contribution < 1.29 is 219 Å². The number of aryl methyl sites for hydroxylation is 2. The topological polar surface area (TPSA) is 262 Å². The molecule has 2 aliphatic rings. The van der Waals surface area contributed by atoms with E-state index in [2.05, 4.69) is 37.5 Å². The van der Waals surface area contributed by atoms with Crippen molar-refractivity contribution in [1.29, 1.82) is 0 Å². The van der Waals surface area contributed by atoms with Crippen LogP contribution in [0.1, 0.15) is 146 Å². The van der Waals surface area contributed by atoms with Gasteiger partial charge in [-0.3, -0.25) is 18.2 Å². The fourth-order valence-electron chi connectivity index (χ4n) is 7.46. The molecule has 77 heavy (non-hydrogen) atoms. The number of hydrogen-bond acceptors (Lipinski definition) is 20. The van der Waals surface area contributed by atoms with Crippen LogP contribution in [0.5, 0.6) is 0 Å². The maximum atomic E-state index is 12.1. The Balaban J connectivity index is 0. The van der Waals surface area contributed by atoms with E-state index < -0.39 is 34.6 Å². The van der Waals surface area contributed by atoms with E-state index in [9.17, 15) is 32.0 Å². The van der Waals surface area contributed by atoms with Crippen molar-refractivity contribution >= 4 is 65.0 Å². The Bertz CT molecular complexity index is 2530. The van der Waals surface area contributed by atoms with Gasteiger partial charge < -0.3 is 44.7 Å². The maximum Gasteiger partial charge on any atom is 1.00 e. The second kappa shape index (κ2) is 38.4. The van der Waals surface area contributed by atoms with Crippen LogP contribution in [0, 0.1) is 19.8 Å². The molecule has 0 radical (unpaired) electrons. The third-order valence-electron chi connectivity index (χ3n) is 10.9. The van der Waals surface area contributed by atoms with E-state index in [4.69, 9.17) is 38.7 Å². The Hall–Kier alpha value is -1.39. The molecule has 0 unspecified atom stereocenters. The van der Waals surface area contributed by atoms with Crippen LogP contribution >= 0.6 is 24.4 Å². The van der Waals surface area contributed by atoms with Gasteiger partial charge in [-0.05, 0) is 161 Å². The van der Waals surface area contributed by atoms with Crippen LogP contribution in [0.4, 0.5) is 9.18 Å². The third-order valence-corrected chi connectivity index (χ3v) is 13.2. The fraction of sp³-hybridized carbons (Fsp3) is 0.558. The number of oxazole rings is 2. The minimum absolute atomic E-state index is 0. The summed E-state index contributed by atoms with van der Waals surface area (Å²) in [6.07, 6.45) is 7.84. The van der Waals surface area contributed by atoms with E-state index in [0.29, 0.717) is 71.9 Å². The summed E-state index contributed by atoms with van der Waals surface area (Å²) in [6, 6.07) is 14.0. The minimum Gasteiger partial charge on any atom is -1.00 e. The summed E-state index contributed by atoms with van der Waals surface area (Å²) in [5, 5.41) is 11.8. The van der Waals surface area contributed by atoms with Gasteiger partial charge in [-0.1, -0.05) is 0 Å². The summed E-state index contributed by atoms with van der Waals surface area (Å²) < 4.78 is 73.9. The second-order valence-corrected chi connectivity index (χ2v) is 22.4. The summed E-state index contributed by atoms with van der Waals surface area (Å²) in [4.78, 5) is 66.8. The Labute approximate surface area is 583 Å². The first-order chi connectivity index (χ1) is 35.7. The van der Waals surface area contributed by atoms with Crippen molar-refractivity contribution in [3.8, 4) is 22.9 Å². The number of thioether (sulfide) groups is 1. The van der Waals surface area contributed by atoms with Gasteiger partial charge in [0.1, 0.15) is 22.7 Å². The molecular weight excluding hydrogens is 1300 g/mol. The first-order valence-corrected chi connectivity index (χ1v) is 27.4. The SMILES string of the molecule is CC(C)(C)OC(=O)NC1CCC(OS(C)(=O)=O)CC1.COC(=O)c1ccc(-c2nc(CS)c(C)o2)cc1.COC(=O)c1ccc(-c2nc(CSC3CCC(CC(=O)OC(C)(C)C)CC3)c(C)o2)cc1.O=CO[O-].[2H]CF.[Cs+].[Cs+].[H-]. The number of benzene rings is 2. The van der Waals surface area contributed by atoms with Crippen molar-refractivity contribution in [3.05, 3.63) is 82.6 Å². The number of alkyl carbamates (subject to hydrolysis) is 1. The van der Waals surface area contributed by atoms with E-state index in [-0.39, 0.29) is 176 Å². The molecule has 0 atom stereocenters. The Morgan fingerprint density at radius 3 is 1.61 bits per heavy atom. The van der Waals surface area contributed by atoms with Crippen molar-refractivity contribution in [2.24, 2.45) is 5.92 Å². The molecule has 19 nitrogen and oxygen atoms in total. The van der Waals surface area contributed by atoms with Crippen LogP contribution in [-0.4, -0.2) is 105 Å². The van der Waals surface area contributed by atoms with Gasteiger partial charge in [0.2, 0.25) is 11.8 Å². The molecule has 1 amide bonds. The maximum absolute atomic E-state index is 12.1. The van der Waals surface area contributed by atoms with Gasteiger partial charge in [-0.15, -0.1) is 0 Å². The Morgan fingerprint density at radius 1 is 0.805 bits per heavy atom. The van der Waals surface area contributed by atoms with E-state index in [1.807, 2.05) is 79.3 Å². The number of nitrogens with zero attached hydrogens (tertiary/aromatic N) is 2. The number of halogens is 1. The molecule has 420 valence electrons. The minimum atomic E-state index is -3.40. The molecule has 2 aromatic carbocycles. The number of nitrogens with one attached hydrogen (secondary N) is 1. The zero-order valence-electron chi connectivity index (χ0n) is 48.6. The number of ether oxygens (including phenoxy) is 4. The summed E-state index contributed by atoms with van der Waals surface area (Å²) in [5.74, 6) is 3.64. The number of carbonyl (C=O) groups excluding carboxylic acids is 5. The molecule has 2 fully saturated rings. The van der Waals surface area contributed by atoms with E-state index in [1.54, 1.807) is 36.4 Å². The van der Waals surface area contributed by atoms with Gasteiger partial charge in [0.25, 0.3) is 16.6 Å². The molecule has 6 rings (SSSR count). The summed E-state index contributed by atoms with van der Waals surface area (Å²) >= 11 is 6.09. The molecule has 0 spiro atoms. The number of hydrogen-bond donors (Lipinski definition) is 2. The smallest absolute Gasteiger partial charge is 1.00 e. The van der Waals surface area contributed by atoms with E-state index in [1.165, 1.54) is 14.2 Å². The second-order valence-electron chi connectivity index (χ2n) is 19.2. The first kappa shape index (κ1) is 73.6. The molecular formula is C52H74Cs2FN3O16S3. The molecule has 0 bridgehead atoms. The number of carbonyl (C=O) groups is 5. The Morgan fingerprint density at radius 2 is 1.23 bits per heavy atom. The van der Waals surface area contributed by atoms with Crippen LogP contribution in [0.2, 0.25) is 0 Å². The van der Waals surface area contributed by atoms with Gasteiger partial charge in [-0.2, -0.15) is 32.8 Å². The zero-order chi connectivity index (χ0) is 57.2. The summed E-state index contributed by atoms with van der Waals surface area (Å²) in [6.45, 7) is 14.8. The molecule has 0 aliphatic heterocycles. The van der Waals surface area contributed by atoms with Gasteiger partial charge in [0.15, 0.2) is 0 Å². The van der Waals surface area contributed by atoms with Gasteiger partial charge in [0.05, 0.1) is 57.6 Å². The van der Waals surface area contributed by atoms with Crippen molar-refractivity contribution in [1.82, 2.24) is 15.3 Å². The molecule has 4 aromatic rings. The molecule has 2 aliphatic carbocycles. The molecule has 2 aromatic heterocycles. The number of alkyl halides is 1. The number of amides is 1. The average Bonchev–Trinajstić information content (AvgIpc) is 3.93. The fourth-order valence-corrected chi connectivity index (χ4v) is 9.71. The number of esters is 3. The normalized spacial score (nSPS) is 16.9. The number of aromatic nitrogens is 2. The van der Waals surface area contributed by atoms with Crippen molar-refractivity contribution in [2.75, 3.05) is 27.6 Å². The zero-order valence-corrected chi connectivity index (χ0v) is 61.6. The van der Waals surface area contributed by atoms with Crippen LogP contribution < -0.4 is 148 Å². The summed E-state index contributed by atoms with van der Waals surface area (Å²) in [5.41, 5.74) is 3.50. The van der Waals surface area contributed by atoms with Crippen molar-refractivity contribution in [3.63, 3.8) is 0 Å². The monoisotopic (exact) mass is 1380 g/mol. The predicted octanol–water partition coefficient (Wildman–Crippen LogP) is 3.77. The number of rotatable bonds is 14. The van der Waals surface area contributed by atoms with E-state index in [0.717, 1.165) is 71.7 Å². The third kappa shape index (κ3) is 30.5. The molecule has 1 N–H and O–H groups in total. The molecule has 25 heteroatoms. The van der Waals surface area contributed by atoms with Crippen LogP contribution in [0.3, 0.4) is 0 Å². The predicted molar refractivity (Wildman–Crippen MR) is 283 cm³/mol. The van der Waals surface area contributed by atoms with Crippen LogP contribution in [0.25, 0.3) is 22.9 Å². The molecule has 2 saturated carbocycles. The van der Waals surface area contributed by atoms with Gasteiger partial charge in [-0.25, -0.2) is 24.4 Å². The number of methoxy groups -OCH3 is 2.